The summed E-state index contributed by atoms with van der Waals surface area (Å²) in [4.78, 5) is 57.7. The molecule has 2 aromatic carbocycles. The van der Waals surface area contributed by atoms with Crippen molar-refractivity contribution in [1.29, 1.82) is 0 Å². The van der Waals surface area contributed by atoms with E-state index in [1.807, 2.05) is 45.0 Å². The van der Waals surface area contributed by atoms with Crippen molar-refractivity contribution in [3.8, 4) is 0 Å². The molecule has 3 atom stereocenters. The highest BCUT2D eigenvalue weighted by atomic mass is 19.1. The lowest BCUT2D eigenvalue weighted by Gasteiger charge is -2.29. The lowest BCUT2D eigenvalue weighted by molar-refractivity contribution is -0.138. The van der Waals surface area contributed by atoms with Gasteiger partial charge < -0.3 is 20.0 Å². The lowest BCUT2D eigenvalue weighted by Crippen LogP contribution is -2.53. The van der Waals surface area contributed by atoms with Crippen molar-refractivity contribution in [3.05, 3.63) is 65.5 Å². The van der Waals surface area contributed by atoms with Gasteiger partial charge in [-0.25, -0.2) is 4.39 Å². The minimum Gasteiger partial charge on any atom is -0.378 e. The fraction of sp³-hybridized carbons (Fsp3) is 0.429. The van der Waals surface area contributed by atoms with Crippen LogP contribution in [0.2, 0.25) is 0 Å². The van der Waals surface area contributed by atoms with Crippen LogP contribution < -0.4 is 10.2 Å². The molecule has 2 heterocycles. The molecule has 3 amide bonds. The van der Waals surface area contributed by atoms with Gasteiger partial charge in [0.1, 0.15) is 17.9 Å². The van der Waals surface area contributed by atoms with Crippen LogP contribution in [0, 0.1) is 11.7 Å². The lowest BCUT2D eigenvalue weighted by atomic mass is 10.0. The van der Waals surface area contributed by atoms with Gasteiger partial charge in [0.05, 0.1) is 12.6 Å². The first-order chi connectivity index (χ1) is 17.6. The van der Waals surface area contributed by atoms with Crippen LogP contribution >= 0.6 is 0 Å². The topological polar surface area (TPSA) is 90.0 Å². The smallest absolute Gasteiger partial charge is 0.254 e. The van der Waals surface area contributed by atoms with Gasteiger partial charge in [-0.3, -0.25) is 19.2 Å². The molecule has 9 heteroatoms. The highest BCUT2D eigenvalue weighted by molar-refractivity contribution is 6.03. The molecule has 2 aromatic rings. The molecular weight excluding hydrogens is 475 g/mol. The second kappa shape index (κ2) is 10.7. The number of halogens is 1. The SMILES string of the molecule is CC(C)C[C@H](NC(=O)c1ccc(N(C)C)cc1)C(=O)N1CC[C@@H]2[C@H]1C(=O)CN2C(=O)c1ccc(F)cc1. The molecular formula is C28H33FN4O4. The summed E-state index contributed by atoms with van der Waals surface area (Å²) >= 11 is 0. The van der Waals surface area contributed by atoms with E-state index in [1.165, 1.54) is 34.1 Å². The van der Waals surface area contributed by atoms with Crippen LogP contribution in [0.1, 0.15) is 47.4 Å². The van der Waals surface area contributed by atoms with Gasteiger partial charge in [-0.15, -0.1) is 0 Å². The number of ketones is 1. The van der Waals surface area contributed by atoms with Crippen LogP contribution in [0.5, 0.6) is 0 Å². The molecule has 2 aliphatic heterocycles. The van der Waals surface area contributed by atoms with E-state index in [0.29, 0.717) is 30.5 Å². The van der Waals surface area contributed by atoms with Crippen LogP contribution in [0.3, 0.4) is 0 Å². The number of hydrogen-bond donors (Lipinski definition) is 1. The van der Waals surface area contributed by atoms with Gasteiger partial charge in [-0.05, 0) is 67.3 Å². The summed E-state index contributed by atoms with van der Waals surface area (Å²) < 4.78 is 13.3. The third-order valence-corrected chi connectivity index (χ3v) is 7.01. The first-order valence-electron chi connectivity index (χ1n) is 12.5. The number of carbonyl (C=O) groups is 4. The number of hydrogen-bond acceptors (Lipinski definition) is 5. The molecule has 0 aliphatic carbocycles. The maximum absolute atomic E-state index is 13.7. The van der Waals surface area contributed by atoms with Crippen molar-refractivity contribution in [2.45, 2.75) is 44.8 Å². The van der Waals surface area contributed by atoms with E-state index in [1.54, 1.807) is 12.1 Å². The zero-order chi connectivity index (χ0) is 26.9. The average molecular weight is 509 g/mol. The summed E-state index contributed by atoms with van der Waals surface area (Å²) in [6.07, 6.45) is 0.879. The molecule has 0 aromatic heterocycles. The van der Waals surface area contributed by atoms with Gasteiger partial charge in [0.25, 0.3) is 11.8 Å². The molecule has 0 bridgehead atoms. The van der Waals surface area contributed by atoms with Crippen molar-refractivity contribution in [3.63, 3.8) is 0 Å². The van der Waals surface area contributed by atoms with Crippen molar-refractivity contribution >= 4 is 29.2 Å². The summed E-state index contributed by atoms with van der Waals surface area (Å²) in [5.74, 6) is -1.56. The Balaban J connectivity index is 1.49. The van der Waals surface area contributed by atoms with Crippen molar-refractivity contribution < 1.29 is 23.6 Å². The Morgan fingerprint density at radius 2 is 1.62 bits per heavy atom. The van der Waals surface area contributed by atoms with E-state index in [9.17, 15) is 23.6 Å². The van der Waals surface area contributed by atoms with E-state index in [2.05, 4.69) is 5.32 Å². The Hall–Kier alpha value is -3.75. The number of rotatable bonds is 7. The molecule has 0 saturated carbocycles. The van der Waals surface area contributed by atoms with Crippen LogP contribution in [0.25, 0.3) is 0 Å². The molecule has 0 spiro atoms. The number of fused-ring (bicyclic) bond motifs is 1. The quantitative estimate of drug-likeness (QED) is 0.621. The highest BCUT2D eigenvalue weighted by Gasteiger charge is 2.52. The number of benzene rings is 2. The van der Waals surface area contributed by atoms with E-state index < -0.39 is 23.9 Å². The minimum absolute atomic E-state index is 0.102. The van der Waals surface area contributed by atoms with Gasteiger partial charge in [-0.1, -0.05) is 13.8 Å². The number of carbonyl (C=O) groups excluding carboxylic acids is 4. The van der Waals surface area contributed by atoms with E-state index in [-0.39, 0.29) is 36.0 Å². The van der Waals surface area contributed by atoms with Crippen molar-refractivity contribution in [1.82, 2.24) is 15.1 Å². The van der Waals surface area contributed by atoms with E-state index in [4.69, 9.17) is 0 Å². The Morgan fingerprint density at radius 1 is 1.00 bits per heavy atom. The van der Waals surface area contributed by atoms with Crippen LogP contribution in [0.15, 0.2) is 48.5 Å². The molecule has 0 unspecified atom stereocenters. The van der Waals surface area contributed by atoms with Crippen molar-refractivity contribution in [2.75, 3.05) is 32.1 Å². The minimum atomic E-state index is -0.797. The van der Waals surface area contributed by atoms with Gasteiger partial charge in [0.15, 0.2) is 5.78 Å². The fourth-order valence-corrected chi connectivity index (χ4v) is 5.14. The number of amides is 3. The molecule has 2 fully saturated rings. The molecule has 8 nitrogen and oxygen atoms in total. The predicted octanol–water partition coefficient (Wildman–Crippen LogP) is 2.73. The maximum atomic E-state index is 13.7. The predicted molar refractivity (Wildman–Crippen MR) is 138 cm³/mol. The number of nitrogens with one attached hydrogen (secondary N) is 1. The largest absolute Gasteiger partial charge is 0.378 e. The standard InChI is InChI=1S/C28H33FN4O4/c1-17(2)15-22(30-26(35)18-7-11-21(12-8-18)31(3)4)28(37)32-14-13-23-25(32)24(34)16-33(23)27(36)19-5-9-20(29)10-6-19/h5-12,17,22-23,25H,13-16H2,1-4H3,(H,30,35)/t22-,23+,25-/m0/s1. The number of anilines is 1. The highest BCUT2D eigenvalue weighted by Crippen LogP contribution is 2.32. The Kier molecular flexibility index (Phi) is 7.61. The normalized spacial score (nSPS) is 19.7. The second-order valence-electron chi connectivity index (χ2n) is 10.3. The average Bonchev–Trinajstić information content (AvgIpc) is 3.44. The summed E-state index contributed by atoms with van der Waals surface area (Å²) in [5.41, 5.74) is 1.69. The van der Waals surface area contributed by atoms with Crippen LogP contribution in [0.4, 0.5) is 10.1 Å². The van der Waals surface area contributed by atoms with E-state index in [0.717, 1.165) is 5.69 Å². The van der Waals surface area contributed by atoms with Gasteiger partial charge in [-0.2, -0.15) is 0 Å². The summed E-state index contributed by atoms with van der Waals surface area (Å²) in [6.45, 7) is 4.15. The van der Waals surface area contributed by atoms with Gasteiger partial charge >= 0.3 is 0 Å². The monoisotopic (exact) mass is 508 g/mol. The molecule has 37 heavy (non-hydrogen) atoms. The zero-order valence-electron chi connectivity index (χ0n) is 21.6. The van der Waals surface area contributed by atoms with E-state index >= 15 is 0 Å². The maximum Gasteiger partial charge on any atom is 0.254 e. The Bertz CT molecular complexity index is 1180. The number of nitrogens with zero attached hydrogens (tertiary/aromatic N) is 3. The third kappa shape index (κ3) is 5.50. The summed E-state index contributed by atoms with van der Waals surface area (Å²) in [6, 6.07) is 10.3. The Morgan fingerprint density at radius 3 is 2.22 bits per heavy atom. The molecule has 2 aliphatic rings. The summed E-state index contributed by atoms with van der Waals surface area (Å²) in [7, 11) is 3.82. The fourth-order valence-electron chi connectivity index (χ4n) is 5.14. The molecule has 0 radical (unpaired) electrons. The van der Waals surface area contributed by atoms with Gasteiger partial charge in [0, 0.05) is 37.5 Å². The van der Waals surface area contributed by atoms with Crippen LogP contribution in [-0.4, -0.2) is 78.6 Å². The first kappa shape index (κ1) is 26.3. The zero-order valence-corrected chi connectivity index (χ0v) is 21.6. The number of likely N-dealkylation sites (tertiary alicyclic amines) is 2. The molecule has 4 rings (SSSR count). The van der Waals surface area contributed by atoms with Crippen molar-refractivity contribution in [2.24, 2.45) is 5.92 Å². The molecule has 196 valence electrons. The van der Waals surface area contributed by atoms with Gasteiger partial charge in [0.2, 0.25) is 5.91 Å². The first-order valence-corrected chi connectivity index (χ1v) is 12.5. The molecule has 2 saturated heterocycles. The third-order valence-electron chi connectivity index (χ3n) is 7.01. The number of Topliss-reactive ketones (excluding diaryl/α,β-unsaturated/α-hetero) is 1. The Labute approximate surface area is 216 Å². The van der Waals surface area contributed by atoms with Crippen LogP contribution in [-0.2, 0) is 9.59 Å². The molecule has 1 N–H and O–H groups in total. The second-order valence-corrected chi connectivity index (χ2v) is 10.3. The summed E-state index contributed by atoms with van der Waals surface area (Å²) in [5, 5.41) is 2.88.